The zero-order valence-corrected chi connectivity index (χ0v) is 11.5. The van der Waals surface area contributed by atoms with E-state index in [1.165, 1.54) is 6.07 Å². The van der Waals surface area contributed by atoms with E-state index in [0.29, 0.717) is 17.1 Å². The van der Waals surface area contributed by atoms with Gasteiger partial charge < -0.3 is 5.73 Å². The number of rotatable bonds is 1. The number of hydrogen-bond acceptors (Lipinski definition) is 2. The number of hydrogen-bond donors (Lipinski definition) is 1. The number of aromatic nitrogens is 2. The molecule has 0 amide bonds. The summed E-state index contributed by atoms with van der Waals surface area (Å²) in [5.74, 6) is 0.421. The van der Waals surface area contributed by atoms with Crippen LogP contribution in [0.5, 0.6) is 0 Å². The molecule has 0 saturated carbocycles. The van der Waals surface area contributed by atoms with Crippen LogP contribution >= 0.6 is 0 Å². The van der Waals surface area contributed by atoms with Gasteiger partial charge in [0.2, 0.25) is 0 Å². The van der Waals surface area contributed by atoms with Crippen molar-refractivity contribution in [3.05, 3.63) is 35.9 Å². The highest BCUT2D eigenvalue weighted by Crippen LogP contribution is 2.32. The predicted octanol–water partition coefficient (Wildman–Crippen LogP) is 3.91. The highest BCUT2D eigenvalue weighted by atomic mass is 19.4. The van der Waals surface area contributed by atoms with Gasteiger partial charge in [-0.2, -0.15) is 18.3 Å². The standard InChI is InChI=1S/C14H16F3N3/c1-13(2,3)20-12(18)8-11(19-20)9-5-4-6-10(7-9)14(15,16)17/h4-8H,18H2,1-3H3. The number of anilines is 1. The maximum Gasteiger partial charge on any atom is 0.416 e. The van der Waals surface area contributed by atoms with Crippen LogP contribution < -0.4 is 5.73 Å². The molecule has 0 radical (unpaired) electrons. The van der Waals surface area contributed by atoms with Crippen LogP contribution in [0.15, 0.2) is 30.3 Å². The second-order valence-corrected chi connectivity index (χ2v) is 5.62. The highest BCUT2D eigenvalue weighted by Gasteiger charge is 2.30. The van der Waals surface area contributed by atoms with Gasteiger partial charge in [-0.3, -0.25) is 0 Å². The van der Waals surface area contributed by atoms with Gasteiger partial charge in [0.25, 0.3) is 0 Å². The summed E-state index contributed by atoms with van der Waals surface area (Å²) >= 11 is 0. The summed E-state index contributed by atoms with van der Waals surface area (Å²) in [5, 5.41) is 4.30. The van der Waals surface area contributed by atoms with Gasteiger partial charge in [-0.1, -0.05) is 12.1 Å². The molecule has 0 saturated heterocycles. The average Bonchev–Trinajstić information content (AvgIpc) is 2.70. The Morgan fingerprint density at radius 1 is 1.10 bits per heavy atom. The van der Waals surface area contributed by atoms with Gasteiger partial charge in [-0.25, -0.2) is 4.68 Å². The van der Waals surface area contributed by atoms with E-state index in [1.807, 2.05) is 20.8 Å². The Labute approximate surface area is 115 Å². The first kappa shape index (κ1) is 14.4. The van der Waals surface area contributed by atoms with Crippen LogP contribution in [0, 0.1) is 0 Å². The monoisotopic (exact) mass is 283 g/mol. The normalized spacial score (nSPS) is 12.7. The molecule has 1 aromatic heterocycles. The molecule has 2 rings (SSSR count). The summed E-state index contributed by atoms with van der Waals surface area (Å²) in [4.78, 5) is 0. The lowest BCUT2D eigenvalue weighted by molar-refractivity contribution is -0.137. The predicted molar refractivity (Wildman–Crippen MR) is 72.1 cm³/mol. The van der Waals surface area contributed by atoms with E-state index in [2.05, 4.69) is 5.10 Å². The zero-order valence-electron chi connectivity index (χ0n) is 11.5. The highest BCUT2D eigenvalue weighted by molar-refractivity contribution is 5.63. The van der Waals surface area contributed by atoms with Crippen molar-refractivity contribution >= 4 is 5.82 Å². The van der Waals surface area contributed by atoms with E-state index < -0.39 is 11.7 Å². The fourth-order valence-corrected chi connectivity index (χ4v) is 1.93. The van der Waals surface area contributed by atoms with Crippen molar-refractivity contribution in [3.8, 4) is 11.3 Å². The first-order chi connectivity index (χ1) is 9.09. The molecule has 20 heavy (non-hydrogen) atoms. The van der Waals surface area contributed by atoms with E-state index in [9.17, 15) is 13.2 Å². The summed E-state index contributed by atoms with van der Waals surface area (Å²) in [7, 11) is 0. The van der Waals surface area contributed by atoms with E-state index in [-0.39, 0.29) is 5.54 Å². The van der Waals surface area contributed by atoms with E-state index in [0.717, 1.165) is 12.1 Å². The van der Waals surface area contributed by atoms with E-state index in [4.69, 9.17) is 5.73 Å². The van der Waals surface area contributed by atoms with Crippen molar-refractivity contribution in [1.82, 2.24) is 9.78 Å². The van der Waals surface area contributed by atoms with Crippen molar-refractivity contribution in [3.63, 3.8) is 0 Å². The summed E-state index contributed by atoms with van der Waals surface area (Å²) in [5.41, 5.74) is 5.67. The molecule has 0 aliphatic heterocycles. The molecule has 108 valence electrons. The number of halogens is 3. The van der Waals surface area contributed by atoms with Crippen LogP contribution in [0.1, 0.15) is 26.3 Å². The number of nitrogens with zero attached hydrogens (tertiary/aromatic N) is 2. The second-order valence-electron chi connectivity index (χ2n) is 5.62. The molecule has 1 aromatic carbocycles. The van der Waals surface area contributed by atoms with Crippen molar-refractivity contribution in [2.45, 2.75) is 32.5 Å². The van der Waals surface area contributed by atoms with Gasteiger partial charge in [-0.05, 0) is 32.9 Å². The number of benzene rings is 1. The van der Waals surface area contributed by atoms with Gasteiger partial charge in [0.05, 0.1) is 16.8 Å². The Hall–Kier alpha value is -1.98. The molecule has 0 fully saturated rings. The zero-order chi connectivity index (χ0) is 15.1. The molecular formula is C14H16F3N3. The van der Waals surface area contributed by atoms with Crippen LogP contribution in [-0.4, -0.2) is 9.78 Å². The van der Waals surface area contributed by atoms with Crippen molar-refractivity contribution in [2.24, 2.45) is 0 Å². The lowest BCUT2D eigenvalue weighted by Crippen LogP contribution is -2.24. The summed E-state index contributed by atoms with van der Waals surface area (Å²) in [6.45, 7) is 5.77. The van der Waals surface area contributed by atoms with Crippen molar-refractivity contribution in [1.29, 1.82) is 0 Å². The van der Waals surface area contributed by atoms with Crippen molar-refractivity contribution < 1.29 is 13.2 Å². The Bertz CT molecular complexity index is 621. The van der Waals surface area contributed by atoms with Crippen LogP contribution in [0.3, 0.4) is 0 Å². The van der Waals surface area contributed by atoms with E-state index in [1.54, 1.807) is 16.8 Å². The minimum absolute atomic E-state index is 0.329. The van der Waals surface area contributed by atoms with Crippen LogP contribution in [-0.2, 0) is 11.7 Å². The molecule has 0 aliphatic rings. The molecular weight excluding hydrogens is 267 g/mol. The van der Waals surface area contributed by atoms with Gasteiger partial charge in [0.15, 0.2) is 0 Å². The quantitative estimate of drug-likeness (QED) is 0.862. The molecule has 0 aliphatic carbocycles. The SMILES string of the molecule is CC(C)(C)n1nc(-c2cccc(C(F)(F)F)c2)cc1N. The topological polar surface area (TPSA) is 43.8 Å². The van der Waals surface area contributed by atoms with Crippen LogP contribution in [0.4, 0.5) is 19.0 Å². The summed E-state index contributed by atoms with van der Waals surface area (Å²) < 4.78 is 39.7. The third-order valence-electron chi connectivity index (χ3n) is 2.86. The molecule has 0 spiro atoms. The smallest absolute Gasteiger partial charge is 0.384 e. The average molecular weight is 283 g/mol. The molecule has 2 N–H and O–H groups in total. The molecule has 0 atom stereocenters. The lowest BCUT2D eigenvalue weighted by atomic mass is 10.1. The summed E-state index contributed by atoms with van der Waals surface area (Å²) in [6.07, 6.45) is -4.37. The summed E-state index contributed by atoms with van der Waals surface area (Å²) in [6, 6.07) is 6.65. The van der Waals surface area contributed by atoms with E-state index >= 15 is 0 Å². The largest absolute Gasteiger partial charge is 0.416 e. The van der Waals surface area contributed by atoms with Crippen LogP contribution in [0.2, 0.25) is 0 Å². The Balaban J connectivity index is 2.48. The minimum Gasteiger partial charge on any atom is -0.384 e. The fraction of sp³-hybridized carbons (Fsp3) is 0.357. The van der Waals surface area contributed by atoms with Gasteiger partial charge >= 0.3 is 6.18 Å². The van der Waals surface area contributed by atoms with Gasteiger partial charge in [0.1, 0.15) is 5.82 Å². The van der Waals surface area contributed by atoms with Gasteiger partial charge in [-0.15, -0.1) is 0 Å². The lowest BCUT2D eigenvalue weighted by Gasteiger charge is -2.20. The number of nitrogens with two attached hydrogens (primary N) is 1. The molecule has 0 bridgehead atoms. The van der Waals surface area contributed by atoms with Gasteiger partial charge in [0, 0.05) is 11.6 Å². The molecule has 2 aromatic rings. The van der Waals surface area contributed by atoms with Crippen molar-refractivity contribution in [2.75, 3.05) is 5.73 Å². The van der Waals surface area contributed by atoms with Crippen LogP contribution in [0.25, 0.3) is 11.3 Å². The molecule has 3 nitrogen and oxygen atoms in total. The first-order valence-electron chi connectivity index (χ1n) is 6.13. The third kappa shape index (κ3) is 2.79. The minimum atomic E-state index is -4.37. The fourth-order valence-electron chi connectivity index (χ4n) is 1.93. The number of alkyl halides is 3. The first-order valence-corrected chi connectivity index (χ1v) is 6.13. The molecule has 1 heterocycles. The molecule has 6 heteroatoms. The Morgan fingerprint density at radius 3 is 2.25 bits per heavy atom. The Morgan fingerprint density at radius 2 is 1.75 bits per heavy atom. The number of nitrogen functional groups attached to an aromatic ring is 1. The third-order valence-corrected chi connectivity index (χ3v) is 2.86. The Kier molecular flexibility index (Phi) is 3.28. The second kappa shape index (κ2) is 4.54. The maximum atomic E-state index is 12.7. The molecule has 0 unspecified atom stereocenters. The maximum absolute atomic E-state index is 12.7.